The lowest BCUT2D eigenvalue weighted by molar-refractivity contribution is -0.121. The first-order valence-electron chi connectivity index (χ1n) is 9.67. The van der Waals surface area contributed by atoms with Gasteiger partial charge in [-0.3, -0.25) is 4.79 Å². The van der Waals surface area contributed by atoms with Crippen LogP contribution in [0.5, 0.6) is 0 Å². The highest BCUT2D eigenvalue weighted by atomic mass is 16.5. The van der Waals surface area contributed by atoms with E-state index in [4.69, 9.17) is 4.74 Å². The van der Waals surface area contributed by atoms with Crippen molar-refractivity contribution in [3.8, 4) is 0 Å². The molecule has 136 valence electrons. The molecule has 1 aliphatic heterocycles. The lowest BCUT2D eigenvalue weighted by atomic mass is 9.97. The zero-order chi connectivity index (χ0) is 17.3. The van der Waals surface area contributed by atoms with Gasteiger partial charge in [-0.15, -0.1) is 0 Å². The monoisotopic (exact) mass is 342 g/mol. The van der Waals surface area contributed by atoms with Gasteiger partial charge in [-0.1, -0.05) is 23.8 Å². The highest BCUT2D eigenvalue weighted by Gasteiger charge is 2.11. The van der Waals surface area contributed by atoms with Crippen molar-refractivity contribution >= 4 is 11.6 Å². The van der Waals surface area contributed by atoms with E-state index in [1.54, 1.807) is 0 Å². The Morgan fingerprint density at radius 1 is 1.08 bits per heavy atom. The molecule has 0 spiro atoms. The Morgan fingerprint density at radius 3 is 2.60 bits per heavy atom. The molecule has 1 aromatic rings. The van der Waals surface area contributed by atoms with Gasteiger partial charge in [0.1, 0.15) is 0 Å². The van der Waals surface area contributed by atoms with Gasteiger partial charge in [-0.05, 0) is 56.2 Å². The number of hydrogen-bond acceptors (Lipinski definition) is 3. The molecule has 2 aliphatic rings. The Bertz CT molecular complexity index is 574. The van der Waals surface area contributed by atoms with Gasteiger partial charge in [0.2, 0.25) is 5.91 Å². The number of ether oxygens (including phenoxy) is 1. The summed E-state index contributed by atoms with van der Waals surface area (Å²) in [5.41, 5.74) is 3.99. The van der Waals surface area contributed by atoms with Crippen LogP contribution in [0.25, 0.3) is 0 Å². The summed E-state index contributed by atoms with van der Waals surface area (Å²) in [4.78, 5) is 14.4. The van der Waals surface area contributed by atoms with Gasteiger partial charge >= 0.3 is 0 Å². The fourth-order valence-corrected chi connectivity index (χ4v) is 3.54. The largest absolute Gasteiger partial charge is 0.378 e. The lowest BCUT2D eigenvalue weighted by Crippen LogP contribution is -2.36. The van der Waals surface area contributed by atoms with Crippen LogP contribution in [0, 0.1) is 0 Å². The van der Waals surface area contributed by atoms with Crippen molar-refractivity contribution in [1.29, 1.82) is 0 Å². The van der Waals surface area contributed by atoms with Gasteiger partial charge in [-0.25, -0.2) is 0 Å². The molecule has 1 heterocycles. The summed E-state index contributed by atoms with van der Waals surface area (Å²) in [7, 11) is 0. The molecule has 0 saturated carbocycles. The number of carbonyl (C=O) groups excluding carboxylic acids is 1. The third-order valence-electron chi connectivity index (χ3n) is 5.11. The molecular weight excluding hydrogens is 312 g/mol. The number of carbonyl (C=O) groups is 1. The summed E-state index contributed by atoms with van der Waals surface area (Å²) in [6.07, 6.45) is 9.79. The molecule has 1 aliphatic carbocycles. The molecule has 0 aromatic heterocycles. The molecule has 3 rings (SSSR count). The average Bonchev–Trinajstić information content (AvgIpc) is 2.68. The van der Waals surface area contributed by atoms with Crippen LogP contribution in [0.4, 0.5) is 5.69 Å². The summed E-state index contributed by atoms with van der Waals surface area (Å²) in [5, 5.41) is 3.06. The second-order valence-corrected chi connectivity index (χ2v) is 6.97. The molecule has 1 N–H and O–H groups in total. The fraction of sp³-hybridized carbons (Fsp3) is 0.571. The molecule has 25 heavy (non-hydrogen) atoms. The van der Waals surface area contributed by atoms with E-state index in [-0.39, 0.29) is 5.91 Å². The molecule has 1 fully saturated rings. The topological polar surface area (TPSA) is 41.6 Å². The van der Waals surface area contributed by atoms with Crippen LogP contribution in [0.1, 0.15) is 44.1 Å². The maximum absolute atomic E-state index is 12.0. The van der Waals surface area contributed by atoms with E-state index < -0.39 is 0 Å². The van der Waals surface area contributed by atoms with Crippen molar-refractivity contribution < 1.29 is 9.53 Å². The maximum atomic E-state index is 12.0. The molecule has 0 bridgehead atoms. The van der Waals surface area contributed by atoms with Gasteiger partial charge in [0.25, 0.3) is 0 Å². The van der Waals surface area contributed by atoms with Crippen molar-refractivity contribution in [2.75, 3.05) is 37.7 Å². The number of nitrogens with one attached hydrogen (secondary N) is 1. The fourth-order valence-electron chi connectivity index (χ4n) is 3.54. The Balaban J connectivity index is 1.36. The quantitative estimate of drug-likeness (QED) is 0.772. The van der Waals surface area contributed by atoms with E-state index in [9.17, 15) is 4.79 Å². The van der Waals surface area contributed by atoms with E-state index in [1.165, 1.54) is 42.5 Å². The van der Waals surface area contributed by atoms with Gasteiger partial charge in [-0.2, -0.15) is 0 Å². The van der Waals surface area contributed by atoms with Crippen molar-refractivity contribution in [2.24, 2.45) is 0 Å². The van der Waals surface area contributed by atoms with Gasteiger partial charge in [0, 0.05) is 31.7 Å². The predicted molar refractivity (Wildman–Crippen MR) is 102 cm³/mol. The van der Waals surface area contributed by atoms with Crippen molar-refractivity contribution in [2.45, 2.75) is 44.9 Å². The zero-order valence-corrected chi connectivity index (χ0v) is 15.1. The molecule has 0 unspecified atom stereocenters. The molecule has 1 amide bonds. The smallest absolute Gasteiger partial charge is 0.220 e. The SMILES string of the molecule is O=C(CCc1ccc(N2CCOCC2)cc1)NCCC1=CCCCC1. The lowest BCUT2D eigenvalue weighted by Gasteiger charge is -2.28. The summed E-state index contributed by atoms with van der Waals surface area (Å²) in [5.74, 6) is 0.161. The minimum absolute atomic E-state index is 0.161. The summed E-state index contributed by atoms with van der Waals surface area (Å²) < 4.78 is 5.39. The third-order valence-corrected chi connectivity index (χ3v) is 5.11. The third kappa shape index (κ3) is 5.89. The molecular formula is C21H30N2O2. The highest BCUT2D eigenvalue weighted by Crippen LogP contribution is 2.19. The van der Waals surface area contributed by atoms with Crippen LogP contribution in [0.15, 0.2) is 35.9 Å². The summed E-state index contributed by atoms with van der Waals surface area (Å²) >= 11 is 0. The minimum atomic E-state index is 0.161. The summed E-state index contributed by atoms with van der Waals surface area (Å²) in [6, 6.07) is 8.61. The number of rotatable bonds is 7. The van der Waals surface area contributed by atoms with Crippen LogP contribution in [0.3, 0.4) is 0 Å². The molecule has 0 atom stereocenters. The first-order valence-corrected chi connectivity index (χ1v) is 9.67. The van der Waals surface area contributed by atoms with Crippen molar-refractivity contribution in [3.05, 3.63) is 41.5 Å². The van der Waals surface area contributed by atoms with E-state index in [0.717, 1.165) is 45.7 Å². The number of benzene rings is 1. The molecule has 0 radical (unpaired) electrons. The molecule has 1 aromatic carbocycles. The second kappa shape index (κ2) is 9.62. The molecule has 4 nitrogen and oxygen atoms in total. The van der Waals surface area contributed by atoms with Gasteiger partial charge < -0.3 is 15.0 Å². The van der Waals surface area contributed by atoms with Crippen molar-refractivity contribution in [3.63, 3.8) is 0 Å². The van der Waals surface area contributed by atoms with E-state index in [1.807, 2.05) is 0 Å². The standard InChI is InChI=1S/C21H30N2O2/c24-21(22-13-12-18-4-2-1-3-5-18)11-8-19-6-9-20(10-7-19)23-14-16-25-17-15-23/h4,6-7,9-10H,1-3,5,8,11-17H2,(H,22,24). The minimum Gasteiger partial charge on any atom is -0.378 e. The number of morpholine rings is 1. The maximum Gasteiger partial charge on any atom is 0.220 e. The van der Waals surface area contributed by atoms with Crippen LogP contribution < -0.4 is 10.2 Å². The number of aryl methyl sites for hydroxylation is 1. The number of nitrogens with zero attached hydrogens (tertiary/aromatic N) is 1. The van der Waals surface area contributed by atoms with E-state index >= 15 is 0 Å². The number of amides is 1. The first kappa shape index (κ1) is 18.0. The van der Waals surface area contributed by atoms with E-state index in [2.05, 4.69) is 40.6 Å². The zero-order valence-electron chi connectivity index (χ0n) is 15.1. The highest BCUT2D eigenvalue weighted by molar-refractivity contribution is 5.76. The Labute approximate surface area is 151 Å². The Hall–Kier alpha value is -1.81. The van der Waals surface area contributed by atoms with E-state index in [0.29, 0.717) is 6.42 Å². The predicted octanol–water partition coefficient (Wildman–Crippen LogP) is 3.46. The average molecular weight is 342 g/mol. The number of allylic oxidation sites excluding steroid dienone is 1. The second-order valence-electron chi connectivity index (χ2n) is 6.97. The Morgan fingerprint density at radius 2 is 1.88 bits per heavy atom. The number of hydrogen-bond donors (Lipinski definition) is 1. The van der Waals surface area contributed by atoms with Gasteiger partial charge in [0.05, 0.1) is 13.2 Å². The van der Waals surface area contributed by atoms with Crippen LogP contribution in [-0.4, -0.2) is 38.8 Å². The van der Waals surface area contributed by atoms with Crippen LogP contribution in [-0.2, 0) is 16.0 Å². The Kier molecular flexibility index (Phi) is 6.92. The van der Waals surface area contributed by atoms with Crippen LogP contribution in [0.2, 0.25) is 0 Å². The normalized spacial score (nSPS) is 17.9. The van der Waals surface area contributed by atoms with Crippen molar-refractivity contribution in [1.82, 2.24) is 5.32 Å². The van der Waals surface area contributed by atoms with Gasteiger partial charge in [0.15, 0.2) is 0 Å². The summed E-state index contributed by atoms with van der Waals surface area (Å²) in [6.45, 7) is 4.30. The molecule has 4 heteroatoms. The number of anilines is 1. The molecule has 1 saturated heterocycles. The first-order chi connectivity index (χ1) is 12.3. The van der Waals surface area contributed by atoms with Crippen LogP contribution >= 0.6 is 0 Å².